The van der Waals surface area contributed by atoms with Gasteiger partial charge >= 0.3 is 0 Å². The summed E-state index contributed by atoms with van der Waals surface area (Å²) in [7, 11) is 0. The second-order valence-corrected chi connectivity index (χ2v) is 6.58. The van der Waals surface area contributed by atoms with Gasteiger partial charge in [-0.25, -0.2) is 0 Å². The third kappa shape index (κ3) is 5.41. The standard InChI is InChI=1S/C16H32N2O/c1-2-5-14-6-8-15(9-7-14)17-12-16(19)13-18-10-3-4-11-18/h14-17,19H,2-13H2,1H3. The predicted molar refractivity (Wildman–Crippen MR) is 80.3 cm³/mol. The Bertz CT molecular complexity index is 233. The lowest BCUT2D eigenvalue weighted by Gasteiger charge is -2.30. The summed E-state index contributed by atoms with van der Waals surface area (Å²) in [6, 6.07) is 0.654. The molecular weight excluding hydrogens is 236 g/mol. The lowest BCUT2D eigenvalue weighted by Crippen LogP contribution is -2.42. The average Bonchev–Trinajstić information content (AvgIpc) is 2.91. The van der Waals surface area contributed by atoms with Gasteiger partial charge < -0.3 is 15.3 Å². The van der Waals surface area contributed by atoms with Crippen LogP contribution < -0.4 is 5.32 Å². The molecule has 1 heterocycles. The molecule has 2 rings (SSSR count). The highest BCUT2D eigenvalue weighted by Gasteiger charge is 2.21. The van der Waals surface area contributed by atoms with Gasteiger partial charge in [-0.05, 0) is 57.5 Å². The molecule has 1 saturated carbocycles. The summed E-state index contributed by atoms with van der Waals surface area (Å²) in [4.78, 5) is 2.39. The van der Waals surface area contributed by atoms with Crippen molar-refractivity contribution in [2.75, 3.05) is 26.2 Å². The van der Waals surface area contributed by atoms with E-state index in [1.165, 1.54) is 64.5 Å². The number of aliphatic hydroxyl groups excluding tert-OH is 1. The van der Waals surface area contributed by atoms with E-state index in [-0.39, 0.29) is 6.10 Å². The van der Waals surface area contributed by atoms with E-state index in [9.17, 15) is 5.11 Å². The first-order valence-electron chi connectivity index (χ1n) is 8.41. The van der Waals surface area contributed by atoms with E-state index >= 15 is 0 Å². The fourth-order valence-corrected chi connectivity index (χ4v) is 3.69. The minimum Gasteiger partial charge on any atom is -0.390 e. The maximum Gasteiger partial charge on any atom is 0.0791 e. The van der Waals surface area contributed by atoms with Crippen molar-refractivity contribution < 1.29 is 5.11 Å². The minimum atomic E-state index is -0.188. The molecule has 0 spiro atoms. The second kappa shape index (κ2) is 8.23. The molecule has 1 saturated heterocycles. The van der Waals surface area contributed by atoms with E-state index in [1.54, 1.807) is 0 Å². The molecule has 1 unspecified atom stereocenters. The van der Waals surface area contributed by atoms with Crippen molar-refractivity contribution in [3.05, 3.63) is 0 Å². The number of aliphatic hydroxyl groups is 1. The molecule has 0 radical (unpaired) electrons. The van der Waals surface area contributed by atoms with Crippen molar-refractivity contribution in [1.82, 2.24) is 10.2 Å². The molecule has 112 valence electrons. The fourth-order valence-electron chi connectivity index (χ4n) is 3.69. The summed E-state index contributed by atoms with van der Waals surface area (Å²) in [6.07, 6.45) is 10.5. The van der Waals surface area contributed by atoms with Crippen LogP contribution in [0.5, 0.6) is 0 Å². The molecule has 0 bridgehead atoms. The van der Waals surface area contributed by atoms with Crippen molar-refractivity contribution in [3.8, 4) is 0 Å². The quantitative estimate of drug-likeness (QED) is 0.744. The Morgan fingerprint density at radius 2 is 1.84 bits per heavy atom. The normalized spacial score (nSPS) is 30.6. The fraction of sp³-hybridized carbons (Fsp3) is 1.00. The first kappa shape index (κ1) is 15.3. The highest BCUT2D eigenvalue weighted by atomic mass is 16.3. The van der Waals surface area contributed by atoms with Crippen LogP contribution in [0.15, 0.2) is 0 Å². The molecular formula is C16H32N2O. The van der Waals surface area contributed by atoms with E-state index in [0.717, 1.165) is 19.0 Å². The average molecular weight is 268 g/mol. The van der Waals surface area contributed by atoms with Gasteiger partial charge in [-0.15, -0.1) is 0 Å². The van der Waals surface area contributed by atoms with Gasteiger partial charge in [-0.3, -0.25) is 0 Å². The van der Waals surface area contributed by atoms with Crippen LogP contribution in [0.3, 0.4) is 0 Å². The molecule has 3 nitrogen and oxygen atoms in total. The first-order valence-corrected chi connectivity index (χ1v) is 8.41. The van der Waals surface area contributed by atoms with Crippen LogP contribution in [0.25, 0.3) is 0 Å². The van der Waals surface area contributed by atoms with Gasteiger partial charge in [0.05, 0.1) is 6.10 Å². The van der Waals surface area contributed by atoms with Crippen LogP contribution >= 0.6 is 0 Å². The SMILES string of the molecule is CCCC1CCC(NCC(O)CN2CCCC2)CC1. The highest BCUT2D eigenvalue weighted by molar-refractivity contribution is 4.79. The van der Waals surface area contributed by atoms with Gasteiger partial charge in [0.2, 0.25) is 0 Å². The Morgan fingerprint density at radius 1 is 1.16 bits per heavy atom. The Hall–Kier alpha value is -0.120. The summed E-state index contributed by atoms with van der Waals surface area (Å²) < 4.78 is 0. The lowest BCUT2D eigenvalue weighted by atomic mass is 9.83. The molecule has 1 aliphatic carbocycles. The maximum atomic E-state index is 10.1. The zero-order valence-corrected chi connectivity index (χ0v) is 12.6. The molecule has 0 aromatic rings. The zero-order chi connectivity index (χ0) is 13.5. The van der Waals surface area contributed by atoms with E-state index in [2.05, 4.69) is 17.1 Å². The monoisotopic (exact) mass is 268 g/mol. The van der Waals surface area contributed by atoms with Crippen molar-refractivity contribution in [1.29, 1.82) is 0 Å². The van der Waals surface area contributed by atoms with Crippen LogP contribution in [0.4, 0.5) is 0 Å². The van der Waals surface area contributed by atoms with E-state index < -0.39 is 0 Å². The Kier molecular flexibility index (Phi) is 6.62. The van der Waals surface area contributed by atoms with Crippen LogP contribution in [-0.4, -0.2) is 48.3 Å². The molecule has 1 atom stereocenters. The van der Waals surface area contributed by atoms with Gasteiger partial charge in [-0.1, -0.05) is 19.8 Å². The number of likely N-dealkylation sites (tertiary alicyclic amines) is 1. The summed E-state index contributed by atoms with van der Waals surface area (Å²) >= 11 is 0. The summed E-state index contributed by atoms with van der Waals surface area (Å²) in [5.74, 6) is 0.970. The molecule has 2 aliphatic rings. The minimum absolute atomic E-state index is 0.188. The number of nitrogens with zero attached hydrogens (tertiary/aromatic N) is 1. The van der Waals surface area contributed by atoms with Crippen molar-refractivity contribution in [3.63, 3.8) is 0 Å². The summed E-state index contributed by atoms with van der Waals surface area (Å²) in [5, 5.41) is 13.7. The Labute approximate surface area is 118 Å². The third-order valence-electron chi connectivity index (χ3n) is 4.85. The van der Waals surface area contributed by atoms with Gasteiger partial charge in [0.15, 0.2) is 0 Å². The summed E-state index contributed by atoms with van der Waals surface area (Å²) in [6.45, 7) is 6.29. The number of nitrogens with one attached hydrogen (secondary N) is 1. The van der Waals surface area contributed by atoms with E-state index in [0.29, 0.717) is 6.04 Å². The molecule has 3 heteroatoms. The van der Waals surface area contributed by atoms with Crippen LogP contribution in [0.2, 0.25) is 0 Å². The Morgan fingerprint density at radius 3 is 2.47 bits per heavy atom. The first-order chi connectivity index (χ1) is 9.28. The van der Waals surface area contributed by atoms with Gasteiger partial charge in [0, 0.05) is 19.1 Å². The molecule has 0 amide bonds. The van der Waals surface area contributed by atoms with E-state index in [1.807, 2.05) is 0 Å². The zero-order valence-electron chi connectivity index (χ0n) is 12.6. The molecule has 2 fully saturated rings. The van der Waals surface area contributed by atoms with Crippen LogP contribution in [-0.2, 0) is 0 Å². The number of β-amino-alcohol motifs (C(OH)–C–C–N with tert-alkyl or cyclic N) is 1. The van der Waals surface area contributed by atoms with Crippen molar-refractivity contribution in [2.45, 2.75) is 70.4 Å². The van der Waals surface area contributed by atoms with Gasteiger partial charge in [-0.2, -0.15) is 0 Å². The van der Waals surface area contributed by atoms with Gasteiger partial charge in [0.25, 0.3) is 0 Å². The molecule has 0 aromatic carbocycles. The molecule has 2 N–H and O–H groups in total. The predicted octanol–water partition coefficient (Wildman–Crippen LogP) is 2.39. The number of hydrogen-bond acceptors (Lipinski definition) is 3. The number of hydrogen-bond donors (Lipinski definition) is 2. The smallest absolute Gasteiger partial charge is 0.0791 e. The van der Waals surface area contributed by atoms with E-state index in [4.69, 9.17) is 0 Å². The summed E-state index contributed by atoms with van der Waals surface area (Å²) in [5.41, 5.74) is 0. The van der Waals surface area contributed by atoms with Gasteiger partial charge in [0.1, 0.15) is 0 Å². The molecule has 1 aliphatic heterocycles. The van der Waals surface area contributed by atoms with Crippen LogP contribution in [0.1, 0.15) is 58.3 Å². The number of rotatable bonds is 7. The topological polar surface area (TPSA) is 35.5 Å². The molecule has 19 heavy (non-hydrogen) atoms. The largest absolute Gasteiger partial charge is 0.390 e. The maximum absolute atomic E-state index is 10.1. The lowest BCUT2D eigenvalue weighted by molar-refractivity contribution is 0.116. The second-order valence-electron chi connectivity index (χ2n) is 6.58. The van der Waals surface area contributed by atoms with Crippen molar-refractivity contribution in [2.24, 2.45) is 5.92 Å². The molecule has 0 aromatic heterocycles. The highest BCUT2D eigenvalue weighted by Crippen LogP contribution is 2.27. The third-order valence-corrected chi connectivity index (χ3v) is 4.85. The Balaban J connectivity index is 1.55. The van der Waals surface area contributed by atoms with Crippen molar-refractivity contribution >= 4 is 0 Å². The van der Waals surface area contributed by atoms with Crippen LogP contribution in [0, 0.1) is 5.92 Å².